The van der Waals surface area contributed by atoms with E-state index >= 15 is 0 Å². The second-order valence-corrected chi connectivity index (χ2v) is 7.88. The van der Waals surface area contributed by atoms with Crippen LogP contribution in [0.2, 0.25) is 0 Å². The summed E-state index contributed by atoms with van der Waals surface area (Å²) in [5, 5.41) is 2.88. The maximum Gasteiger partial charge on any atom is 0.411 e. The van der Waals surface area contributed by atoms with E-state index in [2.05, 4.69) is 64.0 Å². The number of fused-ring (bicyclic) bond motifs is 1. The van der Waals surface area contributed by atoms with Crippen LogP contribution < -0.4 is 10.2 Å². The molecule has 0 fully saturated rings. The molecular weight excluding hydrogens is 312 g/mol. The third-order valence-electron chi connectivity index (χ3n) is 5.94. The number of nitrogens with one attached hydrogen (secondary N) is 1. The molecule has 1 aromatic rings. The molecule has 4 heteroatoms. The molecule has 0 saturated heterocycles. The number of amides is 1. The van der Waals surface area contributed by atoms with Gasteiger partial charge in [0.05, 0.1) is 6.61 Å². The molecule has 140 valence electrons. The Morgan fingerprint density at radius 3 is 2.72 bits per heavy atom. The normalized spacial score (nSPS) is 19.4. The molecule has 1 heterocycles. The Hall–Kier alpha value is -1.71. The minimum absolute atomic E-state index is 0.108. The first kappa shape index (κ1) is 19.6. The number of hydrogen-bond acceptors (Lipinski definition) is 3. The predicted molar refractivity (Wildman–Crippen MR) is 106 cm³/mol. The van der Waals surface area contributed by atoms with Crippen molar-refractivity contribution in [3.8, 4) is 0 Å². The van der Waals surface area contributed by atoms with Crippen LogP contribution in [0.1, 0.15) is 65.9 Å². The monoisotopic (exact) mass is 346 g/mol. The number of rotatable bonds is 7. The van der Waals surface area contributed by atoms with Gasteiger partial charge in [-0.1, -0.05) is 53.0 Å². The maximum absolute atomic E-state index is 12.1. The van der Waals surface area contributed by atoms with Gasteiger partial charge in [-0.2, -0.15) is 0 Å². The summed E-state index contributed by atoms with van der Waals surface area (Å²) < 4.78 is 5.44. The highest BCUT2D eigenvalue weighted by molar-refractivity contribution is 5.86. The highest BCUT2D eigenvalue weighted by Crippen LogP contribution is 2.45. The lowest BCUT2D eigenvalue weighted by atomic mass is 9.81. The molecule has 1 aromatic carbocycles. The summed E-state index contributed by atoms with van der Waals surface area (Å²) in [4.78, 5) is 14.4. The number of likely N-dealkylation sites (N-methyl/N-ethyl adjacent to an activating group) is 1. The highest BCUT2D eigenvalue weighted by Gasteiger charge is 2.40. The maximum atomic E-state index is 12.1. The zero-order valence-corrected chi connectivity index (χ0v) is 16.7. The van der Waals surface area contributed by atoms with E-state index in [0.29, 0.717) is 18.6 Å². The zero-order chi connectivity index (χ0) is 18.6. The van der Waals surface area contributed by atoms with Crippen molar-refractivity contribution in [3.63, 3.8) is 0 Å². The zero-order valence-electron chi connectivity index (χ0n) is 16.7. The second-order valence-electron chi connectivity index (χ2n) is 7.88. The third kappa shape index (κ3) is 4.28. The lowest BCUT2D eigenvalue weighted by molar-refractivity contribution is 0.136. The summed E-state index contributed by atoms with van der Waals surface area (Å²) >= 11 is 0. The van der Waals surface area contributed by atoms with Crippen LogP contribution in [0.3, 0.4) is 0 Å². The molecule has 1 N–H and O–H groups in total. The molecule has 0 spiro atoms. The van der Waals surface area contributed by atoms with Gasteiger partial charge in [-0.3, -0.25) is 5.32 Å². The number of carbonyl (C=O) groups is 1. The molecule has 0 aromatic heterocycles. The topological polar surface area (TPSA) is 41.6 Å². The summed E-state index contributed by atoms with van der Waals surface area (Å²) in [7, 11) is 2.11. The van der Waals surface area contributed by atoms with Crippen LogP contribution in [-0.2, 0) is 10.2 Å². The Morgan fingerprint density at radius 1 is 1.36 bits per heavy atom. The van der Waals surface area contributed by atoms with Crippen molar-refractivity contribution < 1.29 is 9.53 Å². The highest BCUT2D eigenvalue weighted by atomic mass is 16.5. The van der Waals surface area contributed by atoms with Crippen LogP contribution in [0, 0.1) is 5.92 Å². The summed E-state index contributed by atoms with van der Waals surface area (Å²) in [5.74, 6) is 0.457. The van der Waals surface area contributed by atoms with Crippen molar-refractivity contribution >= 4 is 17.5 Å². The molecule has 1 amide bonds. The fraction of sp³-hybridized carbons (Fsp3) is 0.667. The van der Waals surface area contributed by atoms with E-state index in [0.717, 1.165) is 18.5 Å². The Kier molecular flexibility index (Phi) is 6.36. The Labute approximate surface area is 152 Å². The van der Waals surface area contributed by atoms with E-state index in [1.165, 1.54) is 24.1 Å². The number of benzene rings is 1. The summed E-state index contributed by atoms with van der Waals surface area (Å²) in [6.07, 6.45) is 4.18. The average Bonchev–Trinajstić information content (AvgIpc) is 2.75. The van der Waals surface area contributed by atoms with Gasteiger partial charge >= 0.3 is 6.09 Å². The van der Waals surface area contributed by atoms with Gasteiger partial charge in [0.25, 0.3) is 0 Å². The van der Waals surface area contributed by atoms with E-state index in [1.807, 2.05) is 6.07 Å². The molecule has 0 aliphatic carbocycles. The molecule has 0 saturated carbocycles. The molecule has 4 nitrogen and oxygen atoms in total. The Balaban J connectivity index is 1.97. The predicted octanol–water partition coefficient (Wildman–Crippen LogP) is 5.57. The largest absolute Gasteiger partial charge is 0.449 e. The fourth-order valence-corrected chi connectivity index (χ4v) is 3.61. The van der Waals surface area contributed by atoms with Gasteiger partial charge in [-0.25, -0.2) is 4.79 Å². The Morgan fingerprint density at radius 2 is 2.08 bits per heavy atom. The van der Waals surface area contributed by atoms with Gasteiger partial charge in [-0.15, -0.1) is 0 Å². The van der Waals surface area contributed by atoms with Crippen molar-refractivity contribution in [3.05, 3.63) is 23.8 Å². The molecule has 0 bridgehead atoms. The van der Waals surface area contributed by atoms with Crippen molar-refractivity contribution in [1.29, 1.82) is 0 Å². The molecule has 0 radical (unpaired) electrons. The summed E-state index contributed by atoms with van der Waals surface area (Å²) in [5.41, 5.74) is 3.41. The van der Waals surface area contributed by atoms with E-state index in [4.69, 9.17) is 4.74 Å². The van der Waals surface area contributed by atoms with Gasteiger partial charge < -0.3 is 9.64 Å². The first-order valence-corrected chi connectivity index (χ1v) is 9.62. The first-order valence-electron chi connectivity index (χ1n) is 9.62. The van der Waals surface area contributed by atoms with Gasteiger partial charge in [0.2, 0.25) is 0 Å². The Bertz CT molecular complexity index is 598. The van der Waals surface area contributed by atoms with Crippen LogP contribution in [-0.4, -0.2) is 25.8 Å². The van der Waals surface area contributed by atoms with Crippen molar-refractivity contribution in [2.75, 3.05) is 23.9 Å². The SMILES string of the molecule is CCCCC(CC)COC(=O)Nc1ccc2c(c1)N(C)C(C)C2(C)C. The smallest absolute Gasteiger partial charge is 0.411 e. The number of hydrogen-bond donors (Lipinski definition) is 1. The van der Waals surface area contributed by atoms with E-state index in [9.17, 15) is 4.79 Å². The van der Waals surface area contributed by atoms with Gasteiger partial charge in [0.15, 0.2) is 0 Å². The molecule has 2 atom stereocenters. The standard InChI is InChI=1S/C21H34N2O2/c1-7-9-10-16(8-2)14-25-20(24)22-17-11-12-18-19(13-17)23(6)15(3)21(18,4)5/h11-13,15-16H,7-10,14H2,1-6H3,(H,22,24). The van der Waals surface area contributed by atoms with E-state index in [1.54, 1.807) is 0 Å². The first-order chi connectivity index (χ1) is 11.8. The number of anilines is 2. The molecule has 1 aliphatic heterocycles. The minimum atomic E-state index is -0.358. The second kappa shape index (κ2) is 8.11. The number of nitrogens with zero attached hydrogens (tertiary/aromatic N) is 1. The summed E-state index contributed by atoms with van der Waals surface area (Å²) in [6, 6.07) is 6.58. The quantitative estimate of drug-likeness (QED) is 0.702. The van der Waals surface area contributed by atoms with Gasteiger partial charge in [0.1, 0.15) is 0 Å². The molecular formula is C21H34N2O2. The fourth-order valence-electron chi connectivity index (χ4n) is 3.61. The van der Waals surface area contributed by atoms with Crippen LogP contribution >= 0.6 is 0 Å². The molecule has 2 rings (SSSR count). The number of carbonyl (C=O) groups excluding carboxylic acids is 1. The van der Waals surface area contributed by atoms with Crippen LogP contribution in [0.4, 0.5) is 16.2 Å². The van der Waals surface area contributed by atoms with Crippen LogP contribution in [0.25, 0.3) is 0 Å². The van der Waals surface area contributed by atoms with Crippen LogP contribution in [0.15, 0.2) is 18.2 Å². The molecule has 2 unspecified atom stereocenters. The van der Waals surface area contributed by atoms with Crippen molar-refractivity contribution in [1.82, 2.24) is 0 Å². The molecule has 25 heavy (non-hydrogen) atoms. The van der Waals surface area contributed by atoms with Crippen LogP contribution in [0.5, 0.6) is 0 Å². The molecule has 1 aliphatic rings. The number of unbranched alkanes of at least 4 members (excludes halogenated alkanes) is 1. The lowest BCUT2D eigenvalue weighted by Crippen LogP contribution is -2.36. The summed E-state index contributed by atoms with van der Waals surface area (Å²) in [6.45, 7) is 11.6. The van der Waals surface area contributed by atoms with Crippen molar-refractivity contribution in [2.45, 2.75) is 71.8 Å². The van der Waals surface area contributed by atoms with Crippen molar-refractivity contribution in [2.24, 2.45) is 5.92 Å². The van der Waals surface area contributed by atoms with Gasteiger partial charge in [-0.05, 0) is 37.0 Å². The average molecular weight is 347 g/mol. The van der Waals surface area contributed by atoms with E-state index < -0.39 is 0 Å². The lowest BCUT2D eigenvalue weighted by Gasteiger charge is -2.28. The minimum Gasteiger partial charge on any atom is -0.449 e. The van der Waals surface area contributed by atoms with Gasteiger partial charge in [0, 0.05) is 29.9 Å². The number of ether oxygens (including phenoxy) is 1. The third-order valence-corrected chi connectivity index (χ3v) is 5.94. The van der Waals surface area contributed by atoms with E-state index in [-0.39, 0.29) is 11.5 Å².